The minimum atomic E-state index is -0.589. The summed E-state index contributed by atoms with van der Waals surface area (Å²) in [6.07, 6.45) is 2.90. The number of fused-ring (bicyclic) bond motifs is 1. The maximum atomic E-state index is 13.8. The highest BCUT2D eigenvalue weighted by Gasteiger charge is 2.26. The van der Waals surface area contributed by atoms with Crippen molar-refractivity contribution >= 4 is 16.9 Å². The monoisotopic (exact) mass is 472 g/mol. The quantitative estimate of drug-likeness (QED) is 0.454. The molecule has 2 aromatic carbocycles. The molecular weight excluding hydrogens is 447 g/mol. The molecule has 0 unspecified atom stereocenters. The average molecular weight is 473 g/mol. The molecule has 35 heavy (non-hydrogen) atoms. The van der Waals surface area contributed by atoms with Crippen LogP contribution in [0.4, 0.5) is 4.39 Å². The summed E-state index contributed by atoms with van der Waals surface area (Å²) >= 11 is 0. The summed E-state index contributed by atoms with van der Waals surface area (Å²) < 4.78 is 15.9. The number of aromatic nitrogens is 3. The first-order valence-electron chi connectivity index (χ1n) is 11.7. The number of rotatable bonds is 4. The Morgan fingerprint density at radius 1 is 0.971 bits per heavy atom. The fourth-order valence-corrected chi connectivity index (χ4v) is 4.62. The van der Waals surface area contributed by atoms with Crippen molar-refractivity contribution in [1.29, 1.82) is 0 Å². The zero-order valence-electron chi connectivity index (χ0n) is 19.4. The van der Waals surface area contributed by atoms with Crippen LogP contribution in [-0.2, 0) is 6.54 Å². The molecule has 0 aliphatic carbocycles. The van der Waals surface area contributed by atoms with E-state index in [1.165, 1.54) is 28.8 Å². The van der Waals surface area contributed by atoms with Crippen LogP contribution in [0.5, 0.6) is 0 Å². The van der Waals surface area contributed by atoms with Crippen molar-refractivity contribution in [2.45, 2.75) is 32.7 Å². The number of pyridine rings is 1. The summed E-state index contributed by atoms with van der Waals surface area (Å²) in [4.78, 5) is 47.4. The molecule has 1 aliphatic heterocycles. The van der Waals surface area contributed by atoms with Crippen LogP contribution in [0.15, 0.2) is 70.3 Å². The normalized spacial score (nSPS) is 13.8. The Morgan fingerprint density at radius 3 is 2.34 bits per heavy atom. The molecule has 178 valence electrons. The van der Waals surface area contributed by atoms with E-state index < -0.39 is 17.1 Å². The van der Waals surface area contributed by atoms with E-state index in [1.54, 1.807) is 42.2 Å². The highest BCUT2D eigenvalue weighted by Crippen LogP contribution is 2.21. The zero-order valence-corrected chi connectivity index (χ0v) is 19.4. The van der Waals surface area contributed by atoms with Gasteiger partial charge in [-0.1, -0.05) is 30.3 Å². The van der Waals surface area contributed by atoms with E-state index in [9.17, 15) is 18.8 Å². The molecule has 7 nitrogen and oxygen atoms in total. The average Bonchev–Trinajstić information content (AvgIpc) is 2.88. The lowest BCUT2D eigenvalue weighted by Gasteiger charge is -2.27. The molecule has 0 radical (unpaired) electrons. The maximum absolute atomic E-state index is 13.8. The van der Waals surface area contributed by atoms with E-state index in [1.807, 2.05) is 6.07 Å². The topological polar surface area (TPSA) is 77.2 Å². The number of likely N-dealkylation sites (tertiary alicyclic amines) is 1. The standard InChI is InChI=1S/C27H25FN4O3/c1-18-16-22(25(33)30-14-6-3-7-15-30)23-24(29-18)32(21-8-4-2-5-9-21)27(35)31(26(23)34)17-19-10-12-20(28)13-11-19/h2,4-5,8-13,16H,3,6-7,14-15,17H2,1H3. The van der Waals surface area contributed by atoms with Gasteiger partial charge in [-0.2, -0.15) is 0 Å². The Kier molecular flexibility index (Phi) is 6.03. The number of nitrogens with zero attached hydrogens (tertiary/aromatic N) is 4. The van der Waals surface area contributed by atoms with Crippen LogP contribution < -0.4 is 11.2 Å². The van der Waals surface area contributed by atoms with Gasteiger partial charge in [-0.15, -0.1) is 0 Å². The molecule has 8 heteroatoms. The van der Waals surface area contributed by atoms with Gasteiger partial charge in [0.15, 0.2) is 5.65 Å². The number of para-hydroxylation sites is 1. The highest BCUT2D eigenvalue weighted by atomic mass is 19.1. The van der Waals surface area contributed by atoms with Gasteiger partial charge in [-0.05, 0) is 62.1 Å². The molecule has 0 spiro atoms. The predicted molar refractivity (Wildman–Crippen MR) is 132 cm³/mol. The van der Waals surface area contributed by atoms with Gasteiger partial charge in [-0.3, -0.25) is 14.2 Å². The summed E-state index contributed by atoms with van der Waals surface area (Å²) in [5.74, 6) is -0.640. The van der Waals surface area contributed by atoms with Crippen LogP contribution in [-0.4, -0.2) is 38.0 Å². The molecule has 2 aromatic heterocycles. The lowest BCUT2D eigenvalue weighted by Crippen LogP contribution is -2.42. The Hall–Kier alpha value is -4.07. The van der Waals surface area contributed by atoms with Gasteiger partial charge in [0.25, 0.3) is 11.5 Å². The number of benzene rings is 2. The summed E-state index contributed by atoms with van der Waals surface area (Å²) in [5, 5.41) is 0.108. The van der Waals surface area contributed by atoms with Crippen molar-refractivity contribution in [3.63, 3.8) is 0 Å². The second kappa shape index (κ2) is 9.29. The van der Waals surface area contributed by atoms with Crippen molar-refractivity contribution in [1.82, 2.24) is 19.0 Å². The van der Waals surface area contributed by atoms with E-state index in [2.05, 4.69) is 4.98 Å². The highest BCUT2D eigenvalue weighted by molar-refractivity contribution is 6.05. The van der Waals surface area contributed by atoms with Crippen LogP contribution in [0.25, 0.3) is 16.7 Å². The van der Waals surface area contributed by atoms with Crippen molar-refractivity contribution in [3.05, 3.63) is 104 Å². The van der Waals surface area contributed by atoms with Crippen molar-refractivity contribution in [3.8, 4) is 5.69 Å². The number of piperidine rings is 1. The molecule has 0 atom stereocenters. The Bertz CT molecular complexity index is 1520. The van der Waals surface area contributed by atoms with Gasteiger partial charge < -0.3 is 4.90 Å². The second-order valence-electron chi connectivity index (χ2n) is 8.83. The fourth-order valence-electron chi connectivity index (χ4n) is 4.62. The SMILES string of the molecule is Cc1cc(C(=O)N2CCCCC2)c2c(=O)n(Cc3ccc(F)cc3)c(=O)n(-c3ccccc3)c2n1. The van der Waals surface area contributed by atoms with Gasteiger partial charge in [-0.25, -0.2) is 18.7 Å². The van der Waals surface area contributed by atoms with E-state index in [0.717, 1.165) is 23.8 Å². The summed E-state index contributed by atoms with van der Waals surface area (Å²) in [7, 11) is 0. The van der Waals surface area contributed by atoms with E-state index in [-0.39, 0.29) is 29.0 Å². The molecule has 3 heterocycles. The number of hydrogen-bond acceptors (Lipinski definition) is 4. The smallest absolute Gasteiger partial charge is 0.337 e. The van der Waals surface area contributed by atoms with E-state index >= 15 is 0 Å². The first kappa shape index (κ1) is 22.7. The number of hydrogen-bond donors (Lipinski definition) is 0. The summed E-state index contributed by atoms with van der Waals surface area (Å²) in [5.41, 5.74) is 0.900. The molecular formula is C27H25FN4O3. The molecule has 1 fully saturated rings. The molecule has 0 saturated carbocycles. The van der Waals surface area contributed by atoms with Gasteiger partial charge in [0.05, 0.1) is 23.2 Å². The number of amides is 1. The van der Waals surface area contributed by atoms with Crippen molar-refractivity contribution < 1.29 is 9.18 Å². The van der Waals surface area contributed by atoms with Gasteiger partial charge >= 0.3 is 5.69 Å². The van der Waals surface area contributed by atoms with Crippen molar-refractivity contribution in [2.75, 3.05) is 13.1 Å². The molecule has 4 aromatic rings. The fraction of sp³-hybridized carbons (Fsp3) is 0.259. The third kappa shape index (κ3) is 4.27. The molecule has 5 rings (SSSR count). The lowest BCUT2D eigenvalue weighted by atomic mass is 10.1. The van der Waals surface area contributed by atoms with E-state index in [4.69, 9.17) is 0 Å². The first-order chi connectivity index (χ1) is 16.9. The minimum absolute atomic E-state index is 0.0636. The Balaban J connectivity index is 1.81. The van der Waals surface area contributed by atoms with Crippen LogP contribution in [0.1, 0.15) is 40.9 Å². The molecule has 1 amide bonds. The second-order valence-corrected chi connectivity index (χ2v) is 8.83. The van der Waals surface area contributed by atoms with Crippen molar-refractivity contribution in [2.24, 2.45) is 0 Å². The third-order valence-electron chi connectivity index (χ3n) is 6.36. The molecule has 1 aliphatic rings. The zero-order chi connectivity index (χ0) is 24.5. The molecule has 1 saturated heterocycles. The maximum Gasteiger partial charge on any atom is 0.337 e. The van der Waals surface area contributed by atoms with Crippen LogP contribution in [0, 0.1) is 12.7 Å². The molecule has 0 bridgehead atoms. The number of aryl methyl sites for hydroxylation is 1. The van der Waals surface area contributed by atoms with Crippen LogP contribution in [0.2, 0.25) is 0 Å². The summed E-state index contributed by atoms with van der Waals surface area (Å²) in [6.45, 7) is 2.94. The lowest BCUT2D eigenvalue weighted by molar-refractivity contribution is 0.0726. The Morgan fingerprint density at radius 2 is 1.66 bits per heavy atom. The number of carbonyl (C=O) groups is 1. The van der Waals surface area contributed by atoms with Crippen LogP contribution >= 0.6 is 0 Å². The molecule has 0 N–H and O–H groups in total. The van der Waals surface area contributed by atoms with Crippen LogP contribution in [0.3, 0.4) is 0 Å². The van der Waals surface area contributed by atoms with E-state index in [0.29, 0.717) is 30.0 Å². The predicted octanol–water partition coefficient (Wildman–Crippen LogP) is 3.67. The van der Waals surface area contributed by atoms with Gasteiger partial charge in [0, 0.05) is 18.8 Å². The largest absolute Gasteiger partial charge is 0.339 e. The first-order valence-corrected chi connectivity index (χ1v) is 11.7. The minimum Gasteiger partial charge on any atom is -0.339 e. The van der Waals surface area contributed by atoms with Gasteiger partial charge in [0.1, 0.15) is 5.82 Å². The van der Waals surface area contributed by atoms with Gasteiger partial charge in [0.2, 0.25) is 0 Å². The number of carbonyl (C=O) groups excluding carboxylic acids is 1. The number of halogens is 1. The Labute approximate surface area is 201 Å². The third-order valence-corrected chi connectivity index (χ3v) is 6.36. The summed E-state index contributed by atoms with van der Waals surface area (Å²) in [6, 6.07) is 16.2.